The normalized spacial score (nSPS) is 19.0. The number of ether oxygens (including phenoxy) is 4. The second kappa shape index (κ2) is 12.3. The molecular weight excluding hydrogens is 528 g/mol. The first kappa shape index (κ1) is 27.8. The molecule has 0 aromatic heterocycles. The number of carbonyl (C=O) groups excluding carboxylic acids is 1. The van der Waals surface area contributed by atoms with Crippen LogP contribution in [-0.4, -0.2) is 37.7 Å². The highest BCUT2D eigenvalue weighted by Crippen LogP contribution is 2.55. The van der Waals surface area contributed by atoms with Crippen molar-refractivity contribution >= 4 is 5.91 Å². The van der Waals surface area contributed by atoms with Crippen molar-refractivity contribution in [2.24, 2.45) is 0 Å². The lowest BCUT2D eigenvalue weighted by Crippen LogP contribution is -2.67. The van der Waals surface area contributed by atoms with Crippen molar-refractivity contribution in [3.8, 4) is 17.2 Å². The van der Waals surface area contributed by atoms with E-state index in [1.165, 1.54) is 0 Å². The molecule has 4 aromatic rings. The van der Waals surface area contributed by atoms with Gasteiger partial charge in [-0.2, -0.15) is 0 Å². The van der Waals surface area contributed by atoms with Crippen LogP contribution < -0.4 is 19.5 Å². The first-order valence-corrected chi connectivity index (χ1v) is 14.3. The van der Waals surface area contributed by atoms with Gasteiger partial charge < -0.3 is 23.8 Å². The number of methoxy groups -OCH3 is 2. The van der Waals surface area contributed by atoms with E-state index in [1.807, 2.05) is 103 Å². The average molecular weight is 565 g/mol. The van der Waals surface area contributed by atoms with Crippen LogP contribution in [0.5, 0.6) is 17.2 Å². The molecule has 4 aromatic carbocycles. The average Bonchev–Trinajstić information content (AvgIpc) is 3.03. The van der Waals surface area contributed by atoms with Crippen LogP contribution in [0.15, 0.2) is 91.0 Å². The summed E-state index contributed by atoms with van der Waals surface area (Å²) in [5, 5.41) is 3.61. The third-order valence-electron chi connectivity index (χ3n) is 8.12. The van der Waals surface area contributed by atoms with Crippen LogP contribution in [0, 0.1) is 6.92 Å². The van der Waals surface area contributed by atoms with Crippen LogP contribution in [0.3, 0.4) is 0 Å². The first-order chi connectivity index (χ1) is 20.6. The summed E-state index contributed by atoms with van der Waals surface area (Å²) < 4.78 is 24.9. The highest BCUT2D eigenvalue weighted by molar-refractivity contribution is 5.91. The van der Waals surface area contributed by atoms with E-state index in [0.717, 1.165) is 33.4 Å². The van der Waals surface area contributed by atoms with Gasteiger partial charge in [-0.1, -0.05) is 91.0 Å². The Morgan fingerprint density at radius 3 is 1.88 bits per heavy atom. The number of amides is 1. The Bertz CT molecular complexity index is 1530. The molecule has 2 heterocycles. The molecule has 1 amide bonds. The minimum Gasteiger partial charge on any atom is -0.496 e. The quantitative estimate of drug-likeness (QED) is 0.229. The molecule has 1 saturated heterocycles. The van der Waals surface area contributed by atoms with Crippen LogP contribution in [0.25, 0.3) is 0 Å². The van der Waals surface area contributed by atoms with Gasteiger partial charge in [0.15, 0.2) is 11.5 Å². The third kappa shape index (κ3) is 5.22. The summed E-state index contributed by atoms with van der Waals surface area (Å²) in [6.07, 6.45) is 0. The van der Waals surface area contributed by atoms with Crippen molar-refractivity contribution < 1.29 is 23.7 Å². The number of nitrogens with zero attached hydrogens (tertiary/aromatic N) is 1. The van der Waals surface area contributed by atoms with Gasteiger partial charge in [0.25, 0.3) is 0 Å². The number of rotatable bonds is 11. The molecule has 2 aliphatic rings. The predicted octanol–water partition coefficient (Wildman–Crippen LogP) is 5.90. The Labute approximate surface area is 247 Å². The fourth-order valence-electron chi connectivity index (χ4n) is 6.15. The van der Waals surface area contributed by atoms with Gasteiger partial charge in [-0.15, -0.1) is 0 Å². The van der Waals surface area contributed by atoms with Gasteiger partial charge >= 0.3 is 0 Å². The molecule has 1 N–H and O–H groups in total. The van der Waals surface area contributed by atoms with E-state index in [9.17, 15) is 4.79 Å². The summed E-state index contributed by atoms with van der Waals surface area (Å²) in [5.41, 5.74) is 5.90. The van der Waals surface area contributed by atoms with E-state index in [2.05, 4.69) is 5.32 Å². The predicted molar refractivity (Wildman–Crippen MR) is 161 cm³/mol. The standard InChI is InChI=1S/C35H36N2O5/c1-23-32(39-2)29-28(34(33(23)40-3)42-21-26-17-11-6-12-18-26)27(22-41-20-25-15-9-5-10-16-25)36-30-31(29)37(35(30)38)19-24-13-7-4-8-14-24/h4-18,27,30-31,36H,19-22H2,1-3H3/t27?,30-,31+/m0/s1. The summed E-state index contributed by atoms with van der Waals surface area (Å²) in [5.74, 6) is 2.04. The van der Waals surface area contributed by atoms with Crippen LogP contribution in [0.2, 0.25) is 0 Å². The molecule has 0 bridgehead atoms. The Balaban J connectivity index is 1.42. The number of likely N-dealkylation sites (tertiary alicyclic amines) is 1. The van der Waals surface area contributed by atoms with Crippen molar-refractivity contribution in [2.75, 3.05) is 20.8 Å². The van der Waals surface area contributed by atoms with E-state index in [1.54, 1.807) is 14.2 Å². The zero-order valence-electron chi connectivity index (χ0n) is 24.2. The molecule has 6 rings (SSSR count). The second-order valence-corrected chi connectivity index (χ2v) is 10.7. The van der Waals surface area contributed by atoms with Gasteiger partial charge in [-0.3, -0.25) is 10.1 Å². The number of hydrogen-bond acceptors (Lipinski definition) is 6. The topological polar surface area (TPSA) is 69.3 Å². The number of fused-ring (bicyclic) bond motifs is 3. The summed E-state index contributed by atoms with van der Waals surface area (Å²) in [7, 11) is 3.32. The maximum atomic E-state index is 13.6. The summed E-state index contributed by atoms with van der Waals surface area (Å²) in [6, 6.07) is 29.3. The lowest BCUT2D eigenvalue weighted by molar-refractivity contribution is -0.155. The van der Waals surface area contributed by atoms with E-state index in [4.69, 9.17) is 18.9 Å². The number of β-lactam (4-membered cyclic amide) rings is 1. The van der Waals surface area contributed by atoms with Crippen molar-refractivity contribution in [2.45, 2.75) is 44.8 Å². The van der Waals surface area contributed by atoms with Crippen LogP contribution >= 0.6 is 0 Å². The molecule has 42 heavy (non-hydrogen) atoms. The lowest BCUT2D eigenvalue weighted by Gasteiger charge is -2.53. The SMILES string of the molecule is COc1c(C)c(OC)c2c(c1OCc1ccccc1)C(COCc1ccccc1)N[C@@H]1C(=O)N(Cc3ccccc3)[C@H]21. The molecule has 1 unspecified atom stereocenters. The number of hydrogen-bond donors (Lipinski definition) is 1. The number of nitrogens with one attached hydrogen (secondary N) is 1. The summed E-state index contributed by atoms with van der Waals surface area (Å²) in [6.45, 7) is 3.65. The lowest BCUT2D eigenvalue weighted by atomic mass is 9.77. The van der Waals surface area contributed by atoms with Crippen LogP contribution in [0.4, 0.5) is 0 Å². The maximum absolute atomic E-state index is 13.6. The van der Waals surface area contributed by atoms with Gasteiger partial charge in [0, 0.05) is 23.2 Å². The van der Waals surface area contributed by atoms with Gasteiger partial charge in [-0.25, -0.2) is 0 Å². The third-order valence-corrected chi connectivity index (χ3v) is 8.12. The minimum absolute atomic E-state index is 0.0600. The van der Waals surface area contributed by atoms with Crippen LogP contribution in [-0.2, 0) is 29.3 Å². The fraction of sp³-hybridized carbons (Fsp3) is 0.286. The fourth-order valence-corrected chi connectivity index (χ4v) is 6.15. The summed E-state index contributed by atoms with van der Waals surface area (Å²) >= 11 is 0. The number of carbonyl (C=O) groups is 1. The molecule has 7 heteroatoms. The van der Waals surface area contributed by atoms with Crippen molar-refractivity contribution in [1.29, 1.82) is 0 Å². The van der Waals surface area contributed by atoms with E-state index >= 15 is 0 Å². The highest BCUT2D eigenvalue weighted by Gasteiger charge is 2.55. The molecule has 3 atom stereocenters. The molecule has 216 valence electrons. The number of benzene rings is 4. The van der Waals surface area contributed by atoms with Gasteiger partial charge in [0.1, 0.15) is 18.4 Å². The molecule has 0 aliphatic carbocycles. The zero-order chi connectivity index (χ0) is 29.1. The van der Waals surface area contributed by atoms with E-state index < -0.39 is 6.04 Å². The van der Waals surface area contributed by atoms with E-state index in [0.29, 0.717) is 43.6 Å². The molecule has 0 saturated carbocycles. The largest absolute Gasteiger partial charge is 0.496 e. The van der Waals surface area contributed by atoms with Crippen molar-refractivity contribution in [1.82, 2.24) is 10.2 Å². The van der Waals surface area contributed by atoms with Gasteiger partial charge in [0.2, 0.25) is 5.91 Å². The Morgan fingerprint density at radius 1 is 0.714 bits per heavy atom. The van der Waals surface area contributed by atoms with Crippen molar-refractivity contribution in [3.05, 3.63) is 124 Å². The van der Waals surface area contributed by atoms with Crippen LogP contribution in [0.1, 0.15) is 45.5 Å². The molecule has 1 fully saturated rings. The Morgan fingerprint density at radius 2 is 1.29 bits per heavy atom. The van der Waals surface area contributed by atoms with E-state index in [-0.39, 0.29) is 18.0 Å². The van der Waals surface area contributed by atoms with Crippen molar-refractivity contribution in [3.63, 3.8) is 0 Å². The summed E-state index contributed by atoms with van der Waals surface area (Å²) in [4.78, 5) is 15.5. The Hall–Kier alpha value is -4.33. The first-order valence-electron chi connectivity index (χ1n) is 14.3. The van der Waals surface area contributed by atoms with Gasteiger partial charge in [0.05, 0.1) is 39.5 Å². The second-order valence-electron chi connectivity index (χ2n) is 10.7. The maximum Gasteiger partial charge on any atom is 0.243 e. The smallest absolute Gasteiger partial charge is 0.243 e. The minimum atomic E-state index is -0.393. The molecular formula is C35H36N2O5. The molecule has 2 aliphatic heterocycles. The Kier molecular flexibility index (Phi) is 8.13. The molecule has 0 spiro atoms. The molecule has 7 nitrogen and oxygen atoms in total. The highest BCUT2D eigenvalue weighted by atomic mass is 16.5. The zero-order valence-corrected chi connectivity index (χ0v) is 24.2. The van der Waals surface area contributed by atoms with Gasteiger partial charge in [-0.05, 0) is 23.6 Å². The monoisotopic (exact) mass is 564 g/mol. The molecule has 0 radical (unpaired) electrons.